The highest BCUT2D eigenvalue weighted by Gasteiger charge is 2.43. The summed E-state index contributed by atoms with van der Waals surface area (Å²) < 4.78 is 0. The van der Waals surface area contributed by atoms with Crippen molar-refractivity contribution in [3.8, 4) is 0 Å². The van der Waals surface area contributed by atoms with Crippen molar-refractivity contribution in [1.29, 1.82) is 0 Å². The van der Waals surface area contributed by atoms with Crippen LogP contribution in [0, 0.1) is 0 Å². The van der Waals surface area contributed by atoms with Crippen LogP contribution >= 0.6 is 0 Å². The molecule has 1 aliphatic heterocycles. The van der Waals surface area contributed by atoms with Gasteiger partial charge in [-0.2, -0.15) is 0 Å². The van der Waals surface area contributed by atoms with E-state index in [-0.39, 0.29) is 0 Å². The summed E-state index contributed by atoms with van der Waals surface area (Å²) in [5.74, 6) is -0.635. The summed E-state index contributed by atoms with van der Waals surface area (Å²) in [5, 5.41) is 9.89. The van der Waals surface area contributed by atoms with E-state index in [0.717, 1.165) is 50.0 Å². The molecule has 2 fully saturated rings. The number of aliphatic carboxylic acids is 1. The van der Waals surface area contributed by atoms with Crippen molar-refractivity contribution in [2.75, 3.05) is 18.0 Å². The molecule has 1 N–H and O–H groups in total. The summed E-state index contributed by atoms with van der Waals surface area (Å²) in [6.45, 7) is 2.12. The summed E-state index contributed by atoms with van der Waals surface area (Å²) >= 11 is 0. The molecule has 2 aliphatic rings. The van der Waals surface area contributed by atoms with Gasteiger partial charge in [-0.25, -0.2) is 0 Å². The quantitative estimate of drug-likeness (QED) is 0.915. The molecule has 108 valence electrons. The summed E-state index contributed by atoms with van der Waals surface area (Å²) in [6, 6.07) is 8.19. The van der Waals surface area contributed by atoms with Crippen LogP contribution in [0.5, 0.6) is 0 Å². The van der Waals surface area contributed by atoms with Crippen LogP contribution in [0.2, 0.25) is 0 Å². The maximum atomic E-state index is 12.0. The molecule has 0 aromatic heterocycles. The number of para-hydroxylation sites is 1. The Bertz CT molecular complexity index is 486. The van der Waals surface area contributed by atoms with Gasteiger partial charge in [0.25, 0.3) is 0 Å². The Kier molecular flexibility index (Phi) is 3.68. The predicted molar refractivity (Wildman–Crippen MR) is 80.3 cm³/mol. The number of carboxylic acids is 1. The van der Waals surface area contributed by atoms with Gasteiger partial charge in [-0.05, 0) is 37.3 Å². The summed E-state index contributed by atoms with van der Waals surface area (Å²) in [7, 11) is 0. The van der Waals surface area contributed by atoms with E-state index in [9.17, 15) is 9.90 Å². The third kappa shape index (κ3) is 2.19. The Morgan fingerprint density at radius 3 is 2.30 bits per heavy atom. The highest BCUT2D eigenvalue weighted by Crippen LogP contribution is 2.44. The maximum absolute atomic E-state index is 12.0. The molecular formula is C17H23NO2. The fraction of sp³-hybridized carbons (Fsp3) is 0.588. The fourth-order valence-electron chi connectivity index (χ4n) is 3.87. The average molecular weight is 273 g/mol. The van der Waals surface area contributed by atoms with Gasteiger partial charge in [-0.3, -0.25) is 4.79 Å². The van der Waals surface area contributed by atoms with E-state index < -0.39 is 11.4 Å². The van der Waals surface area contributed by atoms with E-state index in [2.05, 4.69) is 11.0 Å². The number of rotatable bonds is 3. The van der Waals surface area contributed by atoms with Crippen LogP contribution in [0.25, 0.3) is 0 Å². The normalized spacial score (nSPS) is 21.9. The van der Waals surface area contributed by atoms with Gasteiger partial charge in [-0.15, -0.1) is 0 Å². The monoisotopic (exact) mass is 273 g/mol. The second-order valence-electron chi connectivity index (χ2n) is 6.16. The van der Waals surface area contributed by atoms with Crippen molar-refractivity contribution < 1.29 is 9.90 Å². The lowest BCUT2D eigenvalue weighted by molar-refractivity contribution is -0.145. The summed E-state index contributed by atoms with van der Waals surface area (Å²) in [4.78, 5) is 14.4. The molecule has 0 amide bonds. The molecule has 3 nitrogen and oxygen atoms in total. The third-order valence-corrected chi connectivity index (χ3v) is 4.98. The Hall–Kier alpha value is -1.51. The summed E-state index contributed by atoms with van der Waals surface area (Å²) in [5.41, 5.74) is 1.56. The Labute approximate surface area is 120 Å². The molecule has 1 saturated carbocycles. The van der Waals surface area contributed by atoms with Gasteiger partial charge in [0.1, 0.15) is 0 Å². The van der Waals surface area contributed by atoms with Gasteiger partial charge in [0.15, 0.2) is 0 Å². The molecule has 1 aromatic carbocycles. The van der Waals surface area contributed by atoms with Gasteiger partial charge in [0.05, 0.1) is 5.41 Å². The van der Waals surface area contributed by atoms with Gasteiger partial charge in [-0.1, -0.05) is 37.5 Å². The largest absolute Gasteiger partial charge is 0.481 e. The van der Waals surface area contributed by atoms with Crippen molar-refractivity contribution in [3.05, 3.63) is 29.8 Å². The number of nitrogens with zero attached hydrogens (tertiary/aromatic N) is 1. The van der Waals surface area contributed by atoms with Crippen molar-refractivity contribution >= 4 is 11.7 Å². The molecule has 3 rings (SSSR count). The first-order chi connectivity index (χ1) is 9.74. The van der Waals surface area contributed by atoms with Gasteiger partial charge < -0.3 is 10.0 Å². The second-order valence-corrected chi connectivity index (χ2v) is 6.16. The molecule has 0 unspecified atom stereocenters. The topological polar surface area (TPSA) is 40.5 Å². The first-order valence-corrected chi connectivity index (χ1v) is 7.82. The van der Waals surface area contributed by atoms with E-state index in [4.69, 9.17) is 0 Å². The van der Waals surface area contributed by atoms with E-state index in [1.165, 1.54) is 19.3 Å². The number of hydrogen-bond donors (Lipinski definition) is 1. The lowest BCUT2D eigenvalue weighted by Gasteiger charge is -2.36. The molecule has 0 atom stereocenters. The minimum absolute atomic E-state index is 0.635. The molecule has 20 heavy (non-hydrogen) atoms. The minimum Gasteiger partial charge on any atom is -0.481 e. The lowest BCUT2D eigenvalue weighted by atomic mass is 9.69. The van der Waals surface area contributed by atoms with Crippen LogP contribution in [0.4, 0.5) is 5.69 Å². The zero-order chi connectivity index (χ0) is 14.0. The average Bonchev–Trinajstić information content (AvgIpc) is 3.02. The van der Waals surface area contributed by atoms with Crippen LogP contribution in [0.3, 0.4) is 0 Å². The van der Waals surface area contributed by atoms with Crippen molar-refractivity contribution in [2.45, 2.75) is 50.4 Å². The van der Waals surface area contributed by atoms with Crippen molar-refractivity contribution in [1.82, 2.24) is 0 Å². The number of carboxylic acid groups (broad SMARTS) is 1. The molecule has 1 saturated heterocycles. The molecule has 3 heteroatoms. The van der Waals surface area contributed by atoms with Gasteiger partial charge >= 0.3 is 5.97 Å². The first kappa shape index (κ1) is 13.5. The molecule has 1 aliphatic carbocycles. The Balaban J connectivity index is 2.04. The zero-order valence-electron chi connectivity index (χ0n) is 12.0. The molecule has 1 aromatic rings. The van der Waals surface area contributed by atoms with Gasteiger partial charge in [0, 0.05) is 18.8 Å². The smallest absolute Gasteiger partial charge is 0.314 e. The first-order valence-electron chi connectivity index (χ1n) is 7.82. The van der Waals surface area contributed by atoms with E-state index in [1.54, 1.807) is 0 Å². The van der Waals surface area contributed by atoms with Crippen molar-refractivity contribution in [3.63, 3.8) is 0 Å². The highest BCUT2D eigenvalue weighted by atomic mass is 16.4. The predicted octanol–water partition coefficient (Wildman–Crippen LogP) is 3.57. The van der Waals surface area contributed by atoms with E-state index >= 15 is 0 Å². The number of benzene rings is 1. The Morgan fingerprint density at radius 1 is 1.00 bits per heavy atom. The molecule has 0 spiro atoms. The Morgan fingerprint density at radius 2 is 1.65 bits per heavy atom. The van der Waals surface area contributed by atoms with Gasteiger partial charge in [0.2, 0.25) is 0 Å². The standard InChI is InChI=1S/C17H23NO2/c19-16(20)17(10-4-1-5-11-17)14-8-2-3-9-15(14)18-12-6-7-13-18/h2-3,8-9H,1,4-7,10-13H2,(H,19,20). The van der Waals surface area contributed by atoms with E-state index in [0.29, 0.717) is 0 Å². The lowest BCUT2D eigenvalue weighted by Crippen LogP contribution is -2.39. The zero-order valence-corrected chi connectivity index (χ0v) is 12.0. The maximum Gasteiger partial charge on any atom is 0.314 e. The SMILES string of the molecule is O=C(O)C1(c2ccccc2N2CCCC2)CCCCC1. The van der Waals surface area contributed by atoms with Crippen LogP contribution in [-0.2, 0) is 10.2 Å². The number of carbonyl (C=O) groups is 1. The number of hydrogen-bond acceptors (Lipinski definition) is 2. The van der Waals surface area contributed by atoms with E-state index in [1.807, 2.05) is 18.2 Å². The number of anilines is 1. The van der Waals surface area contributed by atoms with Crippen LogP contribution in [0.15, 0.2) is 24.3 Å². The molecule has 0 radical (unpaired) electrons. The third-order valence-electron chi connectivity index (χ3n) is 4.98. The van der Waals surface area contributed by atoms with Crippen molar-refractivity contribution in [2.24, 2.45) is 0 Å². The molecule has 1 heterocycles. The van der Waals surface area contributed by atoms with Crippen LogP contribution in [0.1, 0.15) is 50.5 Å². The van der Waals surface area contributed by atoms with Crippen LogP contribution in [-0.4, -0.2) is 24.2 Å². The second kappa shape index (κ2) is 5.47. The van der Waals surface area contributed by atoms with Crippen LogP contribution < -0.4 is 4.90 Å². The fourth-order valence-corrected chi connectivity index (χ4v) is 3.87. The minimum atomic E-state index is -0.655. The molecule has 0 bridgehead atoms. The highest BCUT2D eigenvalue weighted by molar-refractivity contribution is 5.84. The molecular weight excluding hydrogens is 250 g/mol. The summed E-state index contributed by atoms with van der Waals surface area (Å²) in [6.07, 6.45) is 7.23.